The second-order valence-electron chi connectivity index (χ2n) is 4.53. The molecule has 96 valence electrons. The third-order valence-electron chi connectivity index (χ3n) is 2.91. The summed E-state index contributed by atoms with van der Waals surface area (Å²) < 4.78 is 0. The Hall–Kier alpha value is -0.340. The van der Waals surface area contributed by atoms with Gasteiger partial charge < -0.3 is 10.2 Å². The summed E-state index contributed by atoms with van der Waals surface area (Å²) in [4.78, 5) is 0. The Labute approximate surface area is 100 Å². The maximum absolute atomic E-state index is 9.12. The Balaban J connectivity index is 2.96. The highest BCUT2D eigenvalue weighted by molar-refractivity contribution is 4.65. The first-order chi connectivity index (χ1) is 7.81. The maximum Gasteiger partial charge on any atom is 0.0770 e. The smallest absolute Gasteiger partial charge is 0.0770 e. The van der Waals surface area contributed by atoms with E-state index in [4.69, 9.17) is 10.2 Å². The molecular formula is C14H28O2. The monoisotopic (exact) mass is 228 g/mol. The number of hydrogen-bond donors (Lipinski definition) is 2. The Bertz CT molecular complexity index is 146. The molecule has 0 unspecified atom stereocenters. The van der Waals surface area contributed by atoms with Crippen LogP contribution >= 0.6 is 0 Å². The van der Waals surface area contributed by atoms with Crippen molar-refractivity contribution < 1.29 is 10.2 Å². The van der Waals surface area contributed by atoms with Crippen LogP contribution in [-0.4, -0.2) is 22.9 Å². The van der Waals surface area contributed by atoms with Crippen LogP contribution in [0.3, 0.4) is 0 Å². The quantitative estimate of drug-likeness (QED) is 0.397. The average molecular weight is 228 g/mol. The molecule has 0 bridgehead atoms. The van der Waals surface area contributed by atoms with Crippen LogP contribution in [0.25, 0.3) is 0 Å². The van der Waals surface area contributed by atoms with Gasteiger partial charge in [0.05, 0.1) is 12.7 Å². The molecule has 0 rings (SSSR count). The van der Waals surface area contributed by atoms with E-state index in [1.165, 1.54) is 44.9 Å². The molecule has 0 radical (unpaired) electrons. The van der Waals surface area contributed by atoms with Gasteiger partial charge in [-0.05, 0) is 19.3 Å². The molecule has 16 heavy (non-hydrogen) atoms. The fourth-order valence-electron chi connectivity index (χ4n) is 1.82. The summed E-state index contributed by atoms with van der Waals surface area (Å²) in [5.41, 5.74) is 0. The predicted molar refractivity (Wildman–Crippen MR) is 69.5 cm³/mol. The maximum atomic E-state index is 9.12. The first kappa shape index (κ1) is 15.7. The molecule has 2 N–H and O–H groups in total. The van der Waals surface area contributed by atoms with E-state index in [-0.39, 0.29) is 6.61 Å². The first-order valence-corrected chi connectivity index (χ1v) is 6.71. The van der Waals surface area contributed by atoms with Crippen LogP contribution in [0.5, 0.6) is 0 Å². The number of hydrogen-bond acceptors (Lipinski definition) is 2. The lowest BCUT2D eigenvalue weighted by Gasteiger charge is -2.06. The van der Waals surface area contributed by atoms with Crippen molar-refractivity contribution in [3.05, 3.63) is 12.7 Å². The van der Waals surface area contributed by atoms with E-state index in [1.54, 1.807) is 0 Å². The molecule has 2 heteroatoms. The molecule has 0 aromatic carbocycles. The van der Waals surface area contributed by atoms with E-state index >= 15 is 0 Å². The van der Waals surface area contributed by atoms with Crippen molar-refractivity contribution >= 4 is 0 Å². The Morgan fingerprint density at radius 1 is 0.875 bits per heavy atom. The van der Waals surface area contributed by atoms with Crippen LogP contribution in [0.1, 0.15) is 64.2 Å². The number of allylic oxidation sites excluding steroid dienone is 1. The summed E-state index contributed by atoms with van der Waals surface area (Å²) in [6, 6.07) is 0. The normalized spacial score (nSPS) is 12.6. The summed E-state index contributed by atoms with van der Waals surface area (Å²) in [5.74, 6) is 0. The third kappa shape index (κ3) is 11.7. The molecular weight excluding hydrogens is 200 g/mol. The topological polar surface area (TPSA) is 40.5 Å². The third-order valence-corrected chi connectivity index (χ3v) is 2.91. The van der Waals surface area contributed by atoms with Gasteiger partial charge >= 0.3 is 0 Å². The number of rotatable bonds is 12. The van der Waals surface area contributed by atoms with Crippen LogP contribution in [0.2, 0.25) is 0 Å². The minimum absolute atomic E-state index is 0.0939. The van der Waals surface area contributed by atoms with Crippen LogP contribution in [-0.2, 0) is 0 Å². The van der Waals surface area contributed by atoms with Gasteiger partial charge in [-0.2, -0.15) is 0 Å². The largest absolute Gasteiger partial charge is 0.394 e. The summed E-state index contributed by atoms with van der Waals surface area (Å²) in [6.07, 6.45) is 13.5. The lowest BCUT2D eigenvalue weighted by atomic mass is 10.1. The minimum Gasteiger partial charge on any atom is -0.394 e. The molecule has 2 nitrogen and oxygen atoms in total. The van der Waals surface area contributed by atoms with E-state index in [1.807, 2.05) is 6.08 Å². The van der Waals surface area contributed by atoms with Crippen LogP contribution in [0, 0.1) is 0 Å². The average Bonchev–Trinajstić information content (AvgIpc) is 2.31. The Morgan fingerprint density at radius 2 is 1.38 bits per heavy atom. The summed E-state index contributed by atoms with van der Waals surface area (Å²) >= 11 is 0. The molecule has 0 aliphatic rings. The lowest BCUT2D eigenvalue weighted by molar-refractivity contribution is 0.0860. The fourth-order valence-corrected chi connectivity index (χ4v) is 1.82. The lowest BCUT2D eigenvalue weighted by Crippen LogP contribution is -2.10. The van der Waals surface area contributed by atoms with E-state index in [0.29, 0.717) is 0 Å². The van der Waals surface area contributed by atoms with Gasteiger partial charge in [0.2, 0.25) is 0 Å². The molecule has 0 saturated carbocycles. The zero-order chi connectivity index (χ0) is 12.1. The molecule has 0 aliphatic heterocycles. The summed E-state index contributed by atoms with van der Waals surface area (Å²) in [6.45, 7) is 3.62. The molecule has 0 aromatic heterocycles. The van der Waals surface area contributed by atoms with Crippen molar-refractivity contribution in [1.29, 1.82) is 0 Å². The SMILES string of the molecule is C=CCCCCCCCCCC[C@@H](O)CO. The number of aliphatic hydroxyl groups is 2. The molecule has 1 atom stereocenters. The molecule has 0 heterocycles. The number of aliphatic hydroxyl groups excluding tert-OH is 2. The van der Waals surface area contributed by atoms with Crippen molar-refractivity contribution in [2.75, 3.05) is 6.61 Å². The number of unbranched alkanes of at least 4 members (excludes halogenated alkanes) is 8. The second kappa shape index (κ2) is 12.7. The van der Waals surface area contributed by atoms with Gasteiger partial charge in [0.25, 0.3) is 0 Å². The zero-order valence-electron chi connectivity index (χ0n) is 10.5. The molecule has 0 aromatic rings. The minimum atomic E-state index is -0.501. The van der Waals surface area contributed by atoms with E-state index < -0.39 is 6.10 Å². The van der Waals surface area contributed by atoms with Gasteiger partial charge in [0, 0.05) is 0 Å². The summed E-state index contributed by atoms with van der Waals surface area (Å²) in [7, 11) is 0. The van der Waals surface area contributed by atoms with Crippen molar-refractivity contribution in [3.63, 3.8) is 0 Å². The van der Waals surface area contributed by atoms with Gasteiger partial charge in [0.15, 0.2) is 0 Å². The zero-order valence-corrected chi connectivity index (χ0v) is 10.5. The predicted octanol–water partition coefficient (Wildman–Crippen LogP) is 3.43. The van der Waals surface area contributed by atoms with Gasteiger partial charge in [0.1, 0.15) is 0 Å². The van der Waals surface area contributed by atoms with Gasteiger partial charge in [-0.1, -0.05) is 51.0 Å². The first-order valence-electron chi connectivity index (χ1n) is 6.71. The van der Waals surface area contributed by atoms with E-state index in [9.17, 15) is 0 Å². The van der Waals surface area contributed by atoms with Gasteiger partial charge in [-0.3, -0.25) is 0 Å². The molecule has 0 fully saturated rings. The van der Waals surface area contributed by atoms with Crippen molar-refractivity contribution in [2.45, 2.75) is 70.3 Å². The molecule has 0 saturated heterocycles. The van der Waals surface area contributed by atoms with Crippen LogP contribution in [0.4, 0.5) is 0 Å². The van der Waals surface area contributed by atoms with E-state index in [0.717, 1.165) is 19.3 Å². The molecule has 0 amide bonds. The Morgan fingerprint density at radius 3 is 1.88 bits per heavy atom. The molecule has 0 aliphatic carbocycles. The highest BCUT2D eigenvalue weighted by Crippen LogP contribution is 2.11. The van der Waals surface area contributed by atoms with Crippen molar-refractivity contribution in [3.8, 4) is 0 Å². The van der Waals surface area contributed by atoms with Crippen LogP contribution < -0.4 is 0 Å². The standard InChI is InChI=1S/C14H28O2/c1-2-3-4-5-6-7-8-9-10-11-12-14(16)13-15/h2,14-16H,1,3-13H2/t14-/m1/s1. The highest BCUT2D eigenvalue weighted by Gasteiger charge is 2.00. The fraction of sp³-hybridized carbons (Fsp3) is 0.857. The van der Waals surface area contributed by atoms with Crippen molar-refractivity contribution in [1.82, 2.24) is 0 Å². The highest BCUT2D eigenvalue weighted by atomic mass is 16.3. The van der Waals surface area contributed by atoms with Gasteiger partial charge in [-0.25, -0.2) is 0 Å². The Kier molecular flexibility index (Phi) is 12.5. The van der Waals surface area contributed by atoms with Crippen molar-refractivity contribution in [2.24, 2.45) is 0 Å². The molecule has 0 spiro atoms. The van der Waals surface area contributed by atoms with E-state index in [2.05, 4.69) is 6.58 Å². The van der Waals surface area contributed by atoms with Crippen LogP contribution in [0.15, 0.2) is 12.7 Å². The second-order valence-corrected chi connectivity index (χ2v) is 4.53. The van der Waals surface area contributed by atoms with Gasteiger partial charge in [-0.15, -0.1) is 6.58 Å². The summed E-state index contributed by atoms with van der Waals surface area (Å²) in [5, 5.41) is 17.7.